The minimum Gasteiger partial charge on any atom is -0.376 e. The maximum atomic E-state index is 12.9. The minimum atomic E-state index is -0.0114. The van der Waals surface area contributed by atoms with E-state index >= 15 is 0 Å². The lowest BCUT2D eigenvalue weighted by Crippen LogP contribution is -2.35. The van der Waals surface area contributed by atoms with Gasteiger partial charge < -0.3 is 9.72 Å². The Morgan fingerprint density at radius 2 is 1.91 bits per heavy atom. The van der Waals surface area contributed by atoms with E-state index in [9.17, 15) is 4.79 Å². The summed E-state index contributed by atoms with van der Waals surface area (Å²) in [5.41, 5.74) is 4.10. The third kappa shape index (κ3) is 4.47. The van der Waals surface area contributed by atoms with Crippen molar-refractivity contribution >= 4 is 10.9 Å². The number of aryl methyl sites for hydroxylation is 2. The maximum absolute atomic E-state index is 12.9. The SMILES string of the molecule is Cc1cc2cc(CN(Cc3nnnn3CC3CCCO3)C3CCCC3)c(=O)[nH]c2cc1C. The van der Waals surface area contributed by atoms with Crippen LogP contribution in [0.4, 0.5) is 0 Å². The number of aromatic amines is 1. The molecule has 0 amide bonds. The lowest BCUT2D eigenvalue weighted by atomic mass is 10.0. The zero-order valence-corrected chi connectivity index (χ0v) is 19.0. The van der Waals surface area contributed by atoms with Crippen molar-refractivity contribution in [3.8, 4) is 0 Å². The molecule has 3 heterocycles. The number of ether oxygens (including phenoxy) is 1. The molecule has 3 aromatic rings. The van der Waals surface area contributed by atoms with Gasteiger partial charge in [-0.1, -0.05) is 12.8 Å². The van der Waals surface area contributed by atoms with E-state index in [1.54, 1.807) is 0 Å². The quantitative estimate of drug-likeness (QED) is 0.612. The van der Waals surface area contributed by atoms with Crippen molar-refractivity contribution in [2.45, 2.75) is 84.2 Å². The van der Waals surface area contributed by atoms with Gasteiger partial charge in [0.1, 0.15) is 0 Å². The predicted molar refractivity (Wildman–Crippen MR) is 122 cm³/mol. The first-order valence-corrected chi connectivity index (χ1v) is 11.8. The van der Waals surface area contributed by atoms with Gasteiger partial charge in [0, 0.05) is 30.3 Å². The van der Waals surface area contributed by atoms with Crippen LogP contribution in [-0.2, 0) is 24.4 Å². The first-order valence-electron chi connectivity index (χ1n) is 11.8. The zero-order chi connectivity index (χ0) is 22.1. The number of aromatic nitrogens is 5. The average Bonchev–Trinajstić information content (AvgIpc) is 3.54. The number of tetrazole rings is 1. The zero-order valence-electron chi connectivity index (χ0n) is 19.0. The summed E-state index contributed by atoms with van der Waals surface area (Å²) in [7, 11) is 0. The molecule has 5 rings (SSSR count). The maximum Gasteiger partial charge on any atom is 0.252 e. The van der Waals surface area contributed by atoms with E-state index in [0.29, 0.717) is 25.7 Å². The highest BCUT2D eigenvalue weighted by Gasteiger charge is 2.26. The summed E-state index contributed by atoms with van der Waals surface area (Å²) >= 11 is 0. The van der Waals surface area contributed by atoms with E-state index in [1.807, 2.05) is 4.68 Å². The number of H-pyrrole nitrogens is 1. The van der Waals surface area contributed by atoms with Gasteiger partial charge in [-0.2, -0.15) is 0 Å². The molecule has 0 radical (unpaired) electrons. The predicted octanol–water partition coefficient (Wildman–Crippen LogP) is 3.26. The molecule has 170 valence electrons. The highest BCUT2D eigenvalue weighted by atomic mass is 16.5. The molecule has 8 heteroatoms. The van der Waals surface area contributed by atoms with Gasteiger partial charge in [-0.15, -0.1) is 5.10 Å². The topological polar surface area (TPSA) is 88.9 Å². The van der Waals surface area contributed by atoms with Gasteiger partial charge in [0.2, 0.25) is 0 Å². The van der Waals surface area contributed by atoms with Crippen molar-refractivity contribution in [3.05, 3.63) is 51.1 Å². The van der Waals surface area contributed by atoms with Crippen LogP contribution in [0.15, 0.2) is 23.0 Å². The number of hydrogen-bond acceptors (Lipinski definition) is 6. The Balaban J connectivity index is 1.41. The summed E-state index contributed by atoms with van der Waals surface area (Å²) in [6.07, 6.45) is 7.10. The smallest absolute Gasteiger partial charge is 0.252 e. The third-order valence-corrected chi connectivity index (χ3v) is 7.10. The van der Waals surface area contributed by atoms with Crippen molar-refractivity contribution in [1.29, 1.82) is 0 Å². The van der Waals surface area contributed by atoms with Gasteiger partial charge in [-0.05, 0) is 84.7 Å². The van der Waals surface area contributed by atoms with Crippen LogP contribution in [0.5, 0.6) is 0 Å². The molecule has 1 aromatic carbocycles. The first-order chi connectivity index (χ1) is 15.6. The Bertz CT molecular complexity index is 1140. The van der Waals surface area contributed by atoms with Gasteiger partial charge in [-0.25, -0.2) is 4.68 Å². The van der Waals surface area contributed by atoms with Crippen LogP contribution in [-0.4, -0.2) is 48.8 Å². The van der Waals surface area contributed by atoms with E-state index in [0.717, 1.165) is 54.6 Å². The largest absolute Gasteiger partial charge is 0.376 e. The molecule has 0 bridgehead atoms. The van der Waals surface area contributed by atoms with Crippen LogP contribution < -0.4 is 5.56 Å². The average molecular weight is 437 g/mol. The summed E-state index contributed by atoms with van der Waals surface area (Å²) in [6.45, 7) is 6.92. The lowest BCUT2D eigenvalue weighted by Gasteiger charge is -2.28. The van der Waals surface area contributed by atoms with Crippen LogP contribution in [0.2, 0.25) is 0 Å². The van der Waals surface area contributed by atoms with E-state index in [-0.39, 0.29) is 11.7 Å². The van der Waals surface area contributed by atoms with Crippen LogP contribution >= 0.6 is 0 Å². The first kappa shape index (κ1) is 21.3. The van der Waals surface area contributed by atoms with Crippen molar-refractivity contribution < 1.29 is 4.74 Å². The normalized spacial score (nSPS) is 19.5. The summed E-state index contributed by atoms with van der Waals surface area (Å²) in [5.74, 6) is 0.844. The molecule has 1 aliphatic carbocycles. The second kappa shape index (κ2) is 9.11. The lowest BCUT2D eigenvalue weighted by molar-refractivity contribution is 0.0906. The number of pyridine rings is 1. The summed E-state index contributed by atoms with van der Waals surface area (Å²) in [4.78, 5) is 18.4. The van der Waals surface area contributed by atoms with Gasteiger partial charge in [-0.3, -0.25) is 9.69 Å². The molecule has 32 heavy (non-hydrogen) atoms. The molecular formula is C24H32N6O2. The Labute approximate surface area is 188 Å². The second-order valence-electron chi connectivity index (χ2n) is 9.40. The third-order valence-electron chi connectivity index (χ3n) is 7.10. The Kier molecular flexibility index (Phi) is 6.06. The summed E-state index contributed by atoms with van der Waals surface area (Å²) in [6, 6.07) is 6.71. The number of rotatable bonds is 7. The van der Waals surface area contributed by atoms with Gasteiger partial charge in [0.05, 0.1) is 19.2 Å². The van der Waals surface area contributed by atoms with Crippen molar-refractivity contribution in [1.82, 2.24) is 30.1 Å². The minimum absolute atomic E-state index is 0.0114. The molecule has 1 saturated heterocycles. The molecule has 1 unspecified atom stereocenters. The highest BCUT2D eigenvalue weighted by molar-refractivity contribution is 5.80. The number of benzene rings is 1. The van der Waals surface area contributed by atoms with Crippen LogP contribution in [0, 0.1) is 13.8 Å². The number of hydrogen-bond donors (Lipinski definition) is 1. The van der Waals surface area contributed by atoms with E-state index in [1.165, 1.54) is 24.0 Å². The standard InChI is InChI=1S/C24H32N6O2/c1-16-10-18-12-19(24(31)25-22(18)11-17(16)2)13-29(20-6-3-4-7-20)15-23-26-27-28-30(23)14-21-8-5-9-32-21/h10-12,20-21H,3-9,13-15H2,1-2H3,(H,25,31). The number of nitrogens with zero attached hydrogens (tertiary/aromatic N) is 5. The van der Waals surface area contributed by atoms with E-state index in [4.69, 9.17) is 4.74 Å². The fourth-order valence-corrected chi connectivity index (χ4v) is 5.08. The molecule has 1 aliphatic heterocycles. The monoisotopic (exact) mass is 436 g/mol. The molecule has 2 aliphatic rings. The second-order valence-corrected chi connectivity index (χ2v) is 9.40. The van der Waals surface area contributed by atoms with Crippen molar-refractivity contribution in [2.24, 2.45) is 0 Å². The highest BCUT2D eigenvalue weighted by Crippen LogP contribution is 2.27. The Morgan fingerprint density at radius 3 is 2.69 bits per heavy atom. The van der Waals surface area contributed by atoms with Crippen LogP contribution in [0.1, 0.15) is 61.0 Å². The van der Waals surface area contributed by atoms with E-state index in [2.05, 4.69) is 57.5 Å². The van der Waals surface area contributed by atoms with Crippen molar-refractivity contribution in [3.63, 3.8) is 0 Å². The van der Waals surface area contributed by atoms with Crippen LogP contribution in [0.3, 0.4) is 0 Å². The Morgan fingerprint density at radius 1 is 1.09 bits per heavy atom. The fourth-order valence-electron chi connectivity index (χ4n) is 5.08. The number of nitrogens with one attached hydrogen (secondary N) is 1. The fraction of sp³-hybridized carbons (Fsp3) is 0.583. The molecule has 0 spiro atoms. The molecule has 1 saturated carbocycles. The molecule has 2 aromatic heterocycles. The van der Waals surface area contributed by atoms with E-state index < -0.39 is 0 Å². The molecular weight excluding hydrogens is 404 g/mol. The van der Waals surface area contributed by atoms with Crippen molar-refractivity contribution in [2.75, 3.05) is 6.61 Å². The molecule has 1 atom stereocenters. The molecule has 1 N–H and O–H groups in total. The van der Waals surface area contributed by atoms with Gasteiger partial charge in [0.25, 0.3) is 5.56 Å². The Hall–Kier alpha value is -2.58. The summed E-state index contributed by atoms with van der Waals surface area (Å²) in [5, 5.41) is 13.6. The number of fused-ring (bicyclic) bond motifs is 1. The summed E-state index contributed by atoms with van der Waals surface area (Å²) < 4.78 is 7.66. The van der Waals surface area contributed by atoms with Gasteiger partial charge >= 0.3 is 0 Å². The van der Waals surface area contributed by atoms with Crippen LogP contribution in [0.25, 0.3) is 10.9 Å². The molecule has 8 nitrogen and oxygen atoms in total. The van der Waals surface area contributed by atoms with Gasteiger partial charge in [0.15, 0.2) is 5.82 Å². The molecule has 2 fully saturated rings.